The highest BCUT2D eigenvalue weighted by molar-refractivity contribution is 7.09. The van der Waals surface area contributed by atoms with Gasteiger partial charge in [0.25, 0.3) is 0 Å². The molecule has 13 heavy (non-hydrogen) atoms. The largest absolute Gasteiger partial charge is 0.350 e. The summed E-state index contributed by atoms with van der Waals surface area (Å²) in [5.74, 6) is 0.466. The Hall–Kier alpha value is -0.450. The van der Waals surface area contributed by atoms with Crippen molar-refractivity contribution in [3.63, 3.8) is 0 Å². The maximum absolute atomic E-state index is 5.10. The lowest BCUT2D eigenvalue weighted by Gasteiger charge is -2.09. The van der Waals surface area contributed by atoms with Crippen LogP contribution in [0.5, 0.6) is 0 Å². The van der Waals surface area contributed by atoms with Crippen LogP contribution in [0.4, 0.5) is 0 Å². The Balaban J connectivity index is 2.78. The Morgan fingerprint density at radius 2 is 1.92 bits per heavy atom. The fourth-order valence-corrected chi connectivity index (χ4v) is 1.85. The minimum Gasteiger partial charge on any atom is -0.350 e. The van der Waals surface area contributed by atoms with E-state index < -0.39 is 0 Å². The van der Waals surface area contributed by atoms with Crippen molar-refractivity contribution < 1.29 is 9.47 Å². The van der Waals surface area contributed by atoms with Gasteiger partial charge in [-0.1, -0.05) is 13.8 Å². The summed E-state index contributed by atoms with van der Waals surface area (Å²) < 4.78 is 10.2. The Morgan fingerprint density at radius 3 is 2.31 bits per heavy atom. The topological polar surface area (TPSA) is 31.4 Å². The van der Waals surface area contributed by atoms with Gasteiger partial charge in [0.1, 0.15) is 5.69 Å². The molecule has 0 radical (unpaired) electrons. The van der Waals surface area contributed by atoms with Crippen LogP contribution in [-0.2, 0) is 9.47 Å². The normalized spacial score (nSPS) is 11.5. The second-order valence-corrected chi connectivity index (χ2v) is 3.96. The van der Waals surface area contributed by atoms with Crippen molar-refractivity contribution in [2.24, 2.45) is 0 Å². The number of hydrogen-bond acceptors (Lipinski definition) is 4. The van der Waals surface area contributed by atoms with Crippen LogP contribution in [0.1, 0.15) is 36.8 Å². The van der Waals surface area contributed by atoms with E-state index in [-0.39, 0.29) is 6.29 Å². The van der Waals surface area contributed by atoms with E-state index in [1.54, 1.807) is 25.6 Å². The molecule has 3 nitrogen and oxygen atoms in total. The number of methoxy groups -OCH3 is 2. The molecule has 1 rings (SSSR count). The third-order valence-electron chi connectivity index (χ3n) is 1.70. The third-order valence-corrected chi connectivity index (χ3v) is 2.87. The summed E-state index contributed by atoms with van der Waals surface area (Å²) in [6.45, 7) is 4.24. The molecule has 0 atom stereocenters. The van der Waals surface area contributed by atoms with Crippen molar-refractivity contribution in [3.8, 4) is 0 Å². The first-order valence-corrected chi connectivity index (χ1v) is 5.08. The average molecular weight is 201 g/mol. The van der Waals surface area contributed by atoms with Crippen LogP contribution in [0, 0.1) is 0 Å². The quantitative estimate of drug-likeness (QED) is 0.701. The molecule has 0 aromatic carbocycles. The number of aromatic nitrogens is 1. The smallest absolute Gasteiger partial charge is 0.201 e. The molecule has 1 aromatic heterocycles. The van der Waals surface area contributed by atoms with Gasteiger partial charge < -0.3 is 9.47 Å². The number of thiazole rings is 1. The number of hydrogen-bond donors (Lipinski definition) is 0. The fourth-order valence-electron chi connectivity index (χ4n) is 1.01. The lowest BCUT2D eigenvalue weighted by Crippen LogP contribution is -2.04. The number of rotatable bonds is 4. The van der Waals surface area contributed by atoms with Crippen LogP contribution in [0.3, 0.4) is 0 Å². The van der Waals surface area contributed by atoms with Crippen LogP contribution in [0.2, 0.25) is 0 Å². The van der Waals surface area contributed by atoms with Crippen LogP contribution in [-0.4, -0.2) is 19.2 Å². The Labute approximate surface area is 82.7 Å². The summed E-state index contributed by atoms with van der Waals surface area (Å²) in [6, 6.07) is 0. The van der Waals surface area contributed by atoms with E-state index in [4.69, 9.17) is 9.47 Å². The van der Waals surface area contributed by atoms with Crippen molar-refractivity contribution in [2.75, 3.05) is 14.2 Å². The molecule has 0 N–H and O–H groups in total. The van der Waals surface area contributed by atoms with Gasteiger partial charge in [0, 0.05) is 25.5 Å². The SMILES string of the molecule is COC(OC)c1csc(C(C)C)n1. The molecule has 1 heterocycles. The molecule has 0 spiro atoms. The minimum atomic E-state index is -0.330. The first-order valence-electron chi connectivity index (χ1n) is 4.20. The highest BCUT2D eigenvalue weighted by atomic mass is 32.1. The van der Waals surface area contributed by atoms with Crippen LogP contribution in [0.15, 0.2) is 5.38 Å². The third kappa shape index (κ3) is 2.49. The van der Waals surface area contributed by atoms with Crippen molar-refractivity contribution in [3.05, 3.63) is 16.1 Å². The van der Waals surface area contributed by atoms with E-state index in [1.165, 1.54) is 0 Å². The van der Waals surface area contributed by atoms with Gasteiger partial charge in [0.05, 0.1) is 5.01 Å². The van der Waals surface area contributed by atoms with Crippen molar-refractivity contribution in [2.45, 2.75) is 26.1 Å². The summed E-state index contributed by atoms with van der Waals surface area (Å²) >= 11 is 1.65. The highest BCUT2D eigenvalue weighted by Gasteiger charge is 2.14. The zero-order valence-corrected chi connectivity index (χ0v) is 9.22. The molecule has 4 heteroatoms. The zero-order chi connectivity index (χ0) is 9.84. The minimum absolute atomic E-state index is 0.330. The van der Waals surface area contributed by atoms with E-state index >= 15 is 0 Å². The lowest BCUT2D eigenvalue weighted by atomic mass is 10.2. The Bertz CT molecular complexity index is 256. The summed E-state index contributed by atoms with van der Waals surface area (Å²) in [6.07, 6.45) is -0.330. The maximum Gasteiger partial charge on any atom is 0.201 e. The molecule has 0 saturated carbocycles. The Kier molecular flexibility index (Phi) is 3.84. The maximum atomic E-state index is 5.10. The average Bonchev–Trinajstić information content (AvgIpc) is 2.56. The summed E-state index contributed by atoms with van der Waals surface area (Å²) in [4.78, 5) is 4.42. The molecule has 0 unspecified atom stereocenters. The van der Waals surface area contributed by atoms with Crippen molar-refractivity contribution in [1.82, 2.24) is 4.98 Å². The molecular formula is C9H15NO2S. The molecule has 0 bridgehead atoms. The van der Waals surface area contributed by atoms with Crippen LogP contribution >= 0.6 is 11.3 Å². The number of nitrogens with zero attached hydrogens (tertiary/aromatic N) is 1. The summed E-state index contributed by atoms with van der Waals surface area (Å²) in [7, 11) is 3.23. The molecule has 0 amide bonds. The van der Waals surface area contributed by atoms with E-state index in [0.717, 1.165) is 10.7 Å². The molecule has 0 aliphatic carbocycles. The first-order chi connectivity index (χ1) is 6.19. The van der Waals surface area contributed by atoms with Crippen molar-refractivity contribution >= 4 is 11.3 Å². The predicted octanol–water partition coefficient (Wildman–Crippen LogP) is 2.56. The monoisotopic (exact) mass is 201 g/mol. The van der Waals surface area contributed by atoms with Gasteiger partial charge in [0.15, 0.2) is 0 Å². The fraction of sp³-hybridized carbons (Fsp3) is 0.667. The van der Waals surface area contributed by atoms with E-state index in [1.807, 2.05) is 5.38 Å². The Morgan fingerprint density at radius 1 is 1.31 bits per heavy atom. The van der Waals surface area contributed by atoms with E-state index in [2.05, 4.69) is 18.8 Å². The highest BCUT2D eigenvalue weighted by Crippen LogP contribution is 2.24. The standard InChI is InChI=1S/C9H15NO2S/c1-6(2)8-10-7(5-13-8)9(11-3)12-4/h5-6,9H,1-4H3. The zero-order valence-electron chi connectivity index (χ0n) is 8.40. The number of ether oxygens (including phenoxy) is 2. The van der Waals surface area contributed by atoms with E-state index in [0.29, 0.717) is 5.92 Å². The predicted molar refractivity (Wildman–Crippen MR) is 53.0 cm³/mol. The van der Waals surface area contributed by atoms with Gasteiger partial charge in [-0.05, 0) is 0 Å². The van der Waals surface area contributed by atoms with Crippen molar-refractivity contribution in [1.29, 1.82) is 0 Å². The lowest BCUT2D eigenvalue weighted by molar-refractivity contribution is -0.108. The molecule has 0 saturated heterocycles. The van der Waals surface area contributed by atoms with Gasteiger partial charge in [-0.25, -0.2) is 4.98 Å². The van der Waals surface area contributed by atoms with E-state index in [9.17, 15) is 0 Å². The summed E-state index contributed by atoms with van der Waals surface area (Å²) in [5.41, 5.74) is 0.860. The van der Waals surface area contributed by atoms with Crippen LogP contribution in [0.25, 0.3) is 0 Å². The van der Waals surface area contributed by atoms with Gasteiger partial charge in [-0.2, -0.15) is 0 Å². The first kappa shape index (κ1) is 10.6. The molecule has 0 fully saturated rings. The van der Waals surface area contributed by atoms with Gasteiger partial charge >= 0.3 is 0 Å². The summed E-state index contributed by atoms with van der Waals surface area (Å²) in [5, 5.41) is 3.10. The second kappa shape index (κ2) is 4.69. The molecule has 74 valence electrons. The molecule has 0 aliphatic rings. The molecule has 0 aliphatic heterocycles. The van der Waals surface area contributed by atoms with Crippen LogP contribution < -0.4 is 0 Å². The second-order valence-electron chi connectivity index (χ2n) is 3.07. The molecular weight excluding hydrogens is 186 g/mol. The van der Waals surface area contributed by atoms with Gasteiger partial charge in [-0.3, -0.25) is 0 Å². The van der Waals surface area contributed by atoms with Gasteiger partial charge in [-0.15, -0.1) is 11.3 Å². The van der Waals surface area contributed by atoms with Gasteiger partial charge in [0.2, 0.25) is 6.29 Å². The molecule has 1 aromatic rings.